The van der Waals surface area contributed by atoms with Gasteiger partial charge < -0.3 is 20.7 Å². The van der Waals surface area contributed by atoms with E-state index >= 15 is 0 Å². The van der Waals surface area contributed by atoms with Gasteiger partial charge in [0.15, 0.2) is 0 Å². The highest BCUT2D eigenvalue weighted by Gasteiger charge is 2.29. The molecule has 122 valence electrons. The van der Waals surface area contributed by atoms with Gasteiger partial charge >= 0.3 is 13.0 Å². The van der Waals surface area contributed by atoms with Gasteiger partial charge in [-0.25, -0.2) is 0 Å². The summed E-state index contributed by atoms with van der Waals surface area (Å²) in [5, 5.41) is 12.4. The summed E-state index contributed by atoms with van der Waals surface area (Å²) in [6.45, 7) is 7.11. The molecule has 0 aromatic heterocycles. The lowest BCUT2D eigenvalue weighted by Gasteiger charge is -2.27. The number of hydrogen-bond donors (Lipinski definition) is 3. The van der Waals surface area contributed by atoms with E-state index in [9.17, 15) is 9.82 Å². The summed E-state index contributed by atoms with van der Waals surface area (Å²) in [4.78, 5) is 12.2. The Morgan fingerprint density at radius 2 is 1.91 bits per heavy atom. The zero-order valence-electron chi connectivity index (χ0n) is 13.8. The summed E-state index contributed by atoms with van der Waals surface area (Å²) >= 11 is 0. The molecule has 0 radical (unpaired) electrons. The van der Waals surface area contributed by atoms with Gasteiger partial charge in [-0.15, -0.1) is 0 Å². The lowest BCUT2D eigenvalue weighted by Crippen LogP contribution is -2.48. The van der Waals surface area contributed by atoms with Crippen molar-refractivity contribution < 1.29 is 14.6 Å². The second kappa shape index (κ2) is 8.93. The molecule has 1 rings (SSSR count). The highest BCUT2D eigenvalue weighted by Crippen LogP contribution is 2.24. The molecule has 0 bridgehead atoms. The maximum atomic E-state index is 12.2. The zero-order chi connectivity index (χ0) is 16.7. The van der Waals surface area contributed by atoms with Crippen LogP contribution in [0.25, 0.3) is 0 Å². The minimum atomic E-state index is -0.797. The number of nitrogens with two attached hydrogens (primary N) is 1. The van der Waals surface area contributed by atoms with Crippen LogP contribution in [0.15, 0.2) is 30.3 Å². The molecule has 0 saturated carbocycles. The molecule has 0 saturated heterocycles. The Morgan fingerprint density at radius 3 is 2.36 bits per heavy atom. The molecule has 0 aliphatic carbocycles. The molecule has 1 aromatic rings. The van der Waals surface area contributed by atoms with Crippen LogP contribution >= 0.6 is 0 Å². The van der Waals surface area contributed by atoms with E-state index < -0.39 is 13.1 Å². The summed E-state index contributed by atoms with van der Waals surface area (Å²) in [6, 6.07) is 9.14. The third-order valence-electron chi connectivity index (χ3n) is 3.43. The second-order valence-corrected chi connectivity index (χ2v) is 5.99. The van der Waals surface area contributed by atoms with Crippen LogP contribution in [0.4, 0.5) is 0 Å². The van der Waals surface area contributed by atoms with Crippen molar-refractivity contribution in [3.05, 3.63) is 35.9 Å². The molecule has 4 N–H and O–H groups in total. The molecular weight excluding hydrogens is 279 g/mol. The Kier molecular flexibility index (Phi) is 7.58. The fourth-order valence-corrected chi connectivity index (χ4v) is 2.45. The average molecular weight is 306 g/mol. The molecular formula is C16H27BN2O3. The number of carbonyl (C=O) groups excluding carboxylic acids is 1. The summed E-state index contributed by atoms with van der Waals surface area (Å²) in [7, 11) is -0.797. The molecule has 6 heteroatoms. The molecule has 0 heterocycles. The van der Waals surface area contributed by atoms with Gasteiger partial charge in [0, 0.05) is 12.0 Å². The normalized spacial score (nSPS) is 15.2. The van der Waals surface area contributed by atoms with Crippen molar-refractivity contribution in [2.24, 2.45) is 5.73 Å². The van der Waals surface area contributed by atoms with Gasteiger partial charge in [0.05, 0.1) is 12.1 Å². The number of hydrogen-bond acceptors (Lipinski definition) is 5. The van der Waals surface area contributed by atoms with Crippen LogP contribution in [0.1, 0.15) is 38.7 Å². The van der Waals surface area contributed by atoms with Crippen LogP contribution in [0.2, 0.25) is 6.82 Å². The summed E-state index contributed by atoms with van der Waals surface area (Å²) in [6.07, 6.45) is 0.272. The fraction of sp³-hybridized carbons (Fsp3) is 0.562. The summed E-state index contributed by atoms with van der Waals surface area (Å²) in [5.41, 5.74) is 7.18. The quantitative estimate of drug-likeness (QED) is 0.501. The van der Waals surface area contributed by atoms with Gasteiger partial charge in [0.2, 0.25) is 0 Å². The predicted molar refractivity (Wildman–Crippen MR) is 89.4 cm³/mol. The van der Waals surface area contributed by atoms with Gasteiger partial charge in [-0.2, -0.15) is 0 Å². The molecule has 1 aromatic carbocycles. The van der Waals surface area contributed by atoms with Crippen LogP contribution in [-0.4, -0.2) is 36.2 Å². The van der Waals surface area contributed by atoms with E-state index in [0.717, 1.165) is 5.56 Å². The summed E-state index contributed by atoms with van der Waals surface area (Å²) in [5.74, 6) is -0.366. The summed E-state index contributed by atoms with van der Waals surface area (Å²) < 4.78 is 5.28. The van der Waals surface area contributed by atoms with E-state index in [4.69, 9.17) is 10.5 Å². The third kappa shape index (κ3) is 6.18. The van der Waals surface area contributed by atoms with Crippen LogP contribution in [0.5, 0.6) is 0 Å². The van der Waals surface area contributed by atoms with Crippen LogP contribution < -0.4 is 11.0 Å². The maximum Gasteiger partial charge on any atom is 0.374 e. The Hall–Kier alpha value is -1.37. The first-order valence-electron chi connectivity index (χ1n) is 7.76. The fourth-order valence-electron chi connectivity index (χ4n) is 2.45. The Morgan fingerprint density at radius 1 is 1.32 bits per heavy atom. The van der Waals surface area contributed by atoms with E-state index in [1.807, 2.05) is 37.3 Å². The Labute approximate surface area is 133 Å². The SMILES string of the molecule is CB(O)NC(CC(c1ccccc1)C(C)N)C(=O)OC(C)C. The van der Waals surface area contributed by atoms with Crippen molar-refractivity contribution in [3.63, 3.8) is 0 Å². The highest BCUT2D eigenvalue weighted by atomic mass is 16.5. The van der Waals surface area contributed by atoms with Gasteiger partial charge in [0.1, 0.15) is 0 Å². The van der Waals surface area contributed by atoms with Gasteiger partial charge in [0.25, 0.3) is 0 Å². The van der Waals surface area contributed by atoms with Crippen LogP contribution in [0.3, 0.4) is 0 Å². The van der Waals surface area contributed by atoms with Crippen LogP contribution in [-0.2, 0) is 9.53 Å². The molecule has 22 heavy (non-hydrogen) atoms. The predicted octanol–water partition coefficient (Wildman–Crippen LogP) is 1.53. The van der Waals surface area contributed by atoms with Crippen molar-refractivity contribution in [2.75, 3.05) is 0 Å². The van der Waals surface area contributed by atoms with Crippen molar-refractivity contribution >= 4 is 13.0 Å². The topological polar surface area (TPSA) is 84.6 Å². The standard InChI is InChI=1S/C16H27BN2O3/c1-11(2)22-16(20)15(19-17(4)21)10-14(12(3)18)13-8-6-5-7-9-13/h5-9,11-12,14-15,19,21H,10,18H2,1-4H3. The van der Waals surface area contributed by atoms with E-state index in [-0.39, 0.29) is 24.0 Å². The third-order valence-corrected chi connectivity index (χ3v) is 3.43. The zero-order valence-corrected chi connectivity index (χ0v) is 13.8. The lowest BCUT2D eigenvalue weighted by atomic mass is 9.82. The van der Waals surface area contributed by atoms with E-state index in [2.05, 4.69) is 5.23 Å². The molecule has 3 atom stereocenters. The van der Waals surface area contributed by atoms with Crippen molar-refractivity contribution in [2.45, 2.75) is 58.1 Å². The second-order valence-electron chi connectivity index (χ2n) is 5.99. The van der Waals surface area contributed by atoms with E-state index in [1.54, 1.807) is 20.7 Å². The number of carbonyl (C=O) groups is 1. The number of nitrogens with one attached hydrogen (secondary N) is 1. The molecule has 0 fully saturated rings. The molecule has 0 amide bonds. The molecule has 5 nitrogen and oxygen atoms in total. The van der Waals surface area contributed by atoms with Gasteiger partial charge in [-0.1, -0.05) is 30.3 Å². The van der Waals surface area contributed by atoms with Crippen molar-refractivity contribution in [1.29, 1.82) is 0 Å². The number of esters is 1. The largest absolute Gasteiger partial charge is 0.462 e. The van der Waals surface area contributed by atoms with Gasteiger partial charge in [-0.05, 0) is 39.6 Å². The highest BCUT2D eigenvalue weighted by molar-refractivity contribution is 6.46. The van der Waals surface area contributed by atoms with E-state index in [1.165, 1.54) is 0 Å². The smallest absolute Gasteiger partial charge is 0.374 e. The van der Waals surface area contributed by atoms with E-state index in [0.29, 0.717) is 6.42 Å². The minimum Gasteiger partial charge on any atom is -0.462 e. The number of benzene rings is 1. The molecule has 0 aliphatic rings. The Balaban J connectivity index is 2.91. The van der Waals surface area contributed by atoms with Crippen LogP contribution in [0, 0.1) is 0 Å². The maximum absolute atomic E-state index is 12.2. The first kappa shape index (κ1) is 18.7. The first-order chi connectivity index (χ1) is 10.3. The minimum absolute atomic E-state index is 0.00263. The molecule has 0 spiro atoms. The van der Waals surface area contributed by atoms with Crippen molar-refractivity contribution in [3.8, 4) is 0 Å². The number of rotatable bonds is 8. The molecule has 0 aliphatic heterocycles. The number of ether oxygens (including phenoxy) is 1. The Bertz CT molecular complexity index is 452. The molecule has 3 unspecified atom stereocenters. The van der Waals surface area contributed by atoms with Crippen molar-refractivity contribution in [1.82, 2.24) is 5.23 Å². The first-order valence-corrected chi connectivity index (χ1v) is 7.76. The lowest BCUT2D eigenvalue weighted by molar-refractivity contribution is -0.149. The monoisotopic (exact) mass is 306 g/mol. The average Bonchev–Trinajstić information content (AvgIpc) is 2.42. The van der Waals surface area contributed by atoms with Gasteiger partial charge in [-0.3, -0.25) is 4.79 Å².